The molecule has 0 nitrogen and oxygen atoms in total. The van der Waals surface area contributed by atoms with Crippen molar-refractivity contribution in [3.05, 3.63) is 0 Å². The van der Waals surface area contributed by atoms with Crippen molar-refractivity contribution >= 4 is 0 Å². The minimum Gasteiger partial charge on any atom is -0.0651 e. The van der Waals surface area contributed by atoms with Crippen molar-refractivity contribution in [1.29, 1.82) is 0 Å². The first kappa shape index (κ1) is 10.5. The molecule has 0 aliphatic carbocycles. The average Bonchev–Trinajstić information content (AvgIpc) is 1.38. The zero-order chi connectivity index (χ0) is 4.28. The van der Waals surface area contributed by atoms with E-state index in [1.54, 1.807) is 0 Å². The predicted molar refractivity (Wildman–Crippen MR) is 25.1 cm³/mol. The van der Waals surface area contributed by atoms with Gasteiger partial charge >= 0.3 is 0 Å². The van der Waals surface area contributed by atoms with E-state index in [1.165, 1.54) is 6.42 Å². The van der Waals surface area contributed by atoms with Crippen LogP contribution in [-0.2, 0) is 0 Å². The fraction of sp³-hybridized carbons (Fsp3) is 1.00. The largest absolute Gasteiger partial charge is 0.0651 e. The van der Waals surface area contributed by atoms with Gasteiger partial charge in [-0.2, -0.15) is 0 Å². The molecule has 0 saturated carbocycles. The topological polar surface area (TPSA) is 0 Å². The van der Waals surface area contributed by atoms with E-state index in [9.17, 15) is 0 Å². The van der Waals surface area contributed by atoms with E-state index in [0.29, 0.717) is 0 Å². The van der Waals surface area contributed by atoms with E-state index in [2.05, 4.69) is 20.8 Å². The first-order chi connectivity index (χ1) is 2.27. The van der Waals surface area contributed by atoms with Crippen LogP contribution < -0.4 is 0 Å². The zero-order valence-electron chi connectivity index (χ0n) is 4.66. The smallest absolute Gasteiger partial charge is 0 e. The standard InChI is InChI=1S/C5H12.Eu/c1-4-5(2)3;/h5H,4H2,1-3H3;. The van der Waals surface area contributed by atoms with Crippen molar-refractivity contribution < 1.29 is 49.4 Å². The van der Waals surface area contributed by atoms with Gasteiger partial charge in [0.05, 0.1) is 0 Å². The number of hydrogen-bond acceptors (Lipinski definition) is 0. The fourth-order valence-corrected chi connectivity index (χ4v) is 0. The van der Waals surface area contributed by atoms with Gasteiger partial charge in [-0.05, 0) is 5.92 Å². The van der Waals surface area contributed by atoms with Crippen LogP contribution in [0.4, 0.5) is 0 Å². The first-order valence-corrected chi connectivity index (χ1v) is 2.27. The molecule has 0 aromatic rings. The Morgan fingerprint density at radius 2 is 1.50 bits per heavy atom. The van der Waals surface area contributed by atoms with Crippen LogP contribution in [0.25, 0.3) is 0 Å². The van der Waals surface area contributed by atoms with Gasteiger partial charge in [0.2, 0.25) is 0 Å². The number of hydrogen-bond donors (Lipinski definition) is 0. The SMILES string of the molecule is CCC(C)C.[Eu]. The Balaban J connectivity index is 0. The second-order valence-electron chi connectivity index (χ2n) is 1.80. The molecule has 0 aromatic heterocycles. The summed E-state index contributed by atoms with van der Waals surface area (Å²) in [5, 5.41) is 0. The molecule has 0 aliphatic rings. The molecule has 0 bridgehead atoms. The third-order valence-electron chi connectivity index (χ3n) is 0.816. The Labute approximate surface area is 81.2 Å². The Bertz CT molecular complexity index is 17.9. The van der Waals surface area contributed by atoms with Gasteiger partial charge < -0.3 is 0 Å². The minimum atomic E-state index is 0. The molecule has 0 aliphatic heterocycles. The van der Waals surface area contributed by atoms with E-state index in [1.807, 2.05) is 0 Å². The van der Waals surface area contributed by atoms with Crippen molar-refractivity contribution in [3.63, 3.8) is 0 Å². The normalized spacial score (nSPS) is 8.00. The molecule has 1 radical (unpaired) electrons. The van der Waals surface area contributed by atoms with Gasteiger partial charge in [0.25, 0.3) is 0 Å². The van der Waals surface area contributed by atoms with Gasteiger partial charge in [0.15, 0.2) is 0 Å². The van der Waals surface area contributed by atoms with Crippen LogP contribution in [0, 0.1) is 55.3 Å². The third-order valence-corrected chi connectivity index (χ3v) is 0.816. The van der Waals surface area contributed by atoms with E-state index < -0.39 is 0 Å². The summed E-state index contributed by atoms with van der Waals surface area (Å²) in [6.07, 6.45) is 1.31. The first-order valence-electron chi connectivity index (χ1n) is 2.27. The summed E-state index contributed by atoms with van der Waals surface area (Å²) in [7, 11) is 0. The molecule has 0 N–H and O–H groups in total. The van der Waals surface area contributed by atoms with Crippen LogP contribution in [0.15, 0.2) is 0 Å². The predicted octanol–water partition coefficient (Wildman–Crippen LogP) is 2.05. The molecule has 0 atom stereocenters. The molecule has 1 heteroatoms. The molecule has 0 spiro atoms. The van der Waals surface area contributed by atoms with Gasteiger partial charge in [-0.25, -0.2) is 0 Å². The Hall–Kier alpha value is 1.58. The Morgan fingerprint density at radius 1 is 1.33 bits per heavy atom. The summed E-state index contributed by atoms with van der Waals surface area (Å²) in [6.45, 7) is 6.64. The quantitative estimate of drug-likeness (QED) is 0.639. The molecule has 6 heavy (non-hydrogen) atoms. The summed E-state index contributed by atoms with van der Waals surface area (Å²) in [6, 6.07) is 0. The van der Waals surface area contributed by atoms with E-state index >= 15 is 0 Å². The van der Waals surface area contributed by atoms with E-state index in [0.717, 1.165) is 5.92 Å². The summed E-state index contributed by atoms with van der Waals surface area (Å²) >= 11 is 0. The van der Waals surface area contributed by atoms with Crippen molar-refractivity contribution in [3.8, 4) is 0 Å². The molecule has 0 saturated heterocycles. The monoisotopic (exact) mass is 225 g/mol. The summed E-state index contributed by atoms with van der Waals surface area (Å²) in [5.74, 6) is 0.884. The molecule has 0 aromatic carbocycles. The Morgan fingerprint density at radius 3 is 1.50 bits per heavy atom. The average molecular weight is 224 g/mol. The fourth-order valence-electron chi connectivity index (χ4n) is 0. The second kappa shape index (κ2) is 6.58. The van der Waals surface area contributed by atoms with Crippen molar-refractivity contribution in [2.45, 2.75) is 27.2 Å². The molecule has 0 unspecified atom stereocenters. The summed E-state index contributed by atoms with van der Waals surface area (Å²) in [5.41, 5.74) is 0. The second-order valence-corrected chi connectivity index (χ2v) is 1.80. The molecule has 39 valence electrons. The van der Waals surface area contributed by atoms with Gasteiger partial charge in [0, 0.05) is 49.4 Å². The maximum Gasteiger partial charge on any atom is 0 e. The van der Waals surface area contributed by atoms with Crippen molar-refractivity contribution in [2.24, 2.45) is 5.92 Å². The van der Waals surface area contributed by atoms with Crippen LogP contribution in [-0.4, -0.2) is 0 Å². The Kier molecular flexibility index (Phi) is 11.6. The maximum absolute atomic E-state index is 2.22. The van der Waals surface area contributed by atoms with Gasteiger partial charge in [-0.1, -0.05) is 27.2 Å². The van der Waals surface area contributed by atoms with Crippen LogP contribution in [0.1, 0.15) is 27.2 Å². The van der Waals surface area contributed by atoms with Crippen LogP contribution >= 0.6 is 0 Å². The van der Waals surface area contributed by atoms with Crippen molar-refractivity contribution in [1.82, 2.24) is 0 Å². The van der Waals surface area contributed by atoms with Crippen LogP contribution in [0.2, 0.25) is 0 Å². The maximum atomic E-state index is 2.22. The minimum absolute atomic E-state index is 0. The van der Waals surface area contributed by atoms with Gasteiger partial charge in [0.1, 0.15) is 0 Å². The van der Waals surface area contributed by atoms with Gasteiger partial charge in [-0.3, -0.25) is 0 Å². The zero-order valence-corrected chi connectivity index (χ0v) is 7.09. The molecule has 0 rings (SSSR count). The van der Waals surface area contributed by atoms with Crippen LogP contribution in [0.3, 0.4) is 0 Å². The van der Waals surface area contributed by atoms with Gasteiger partial charge in [-0.15, -0.1) is 0 Å². The molecule has 0 heterocycles. The van der Waals surface area contributed by atoms with Crippen molar-refractivity contribution in [2.75, 3.05) is 0 Å². The van der Waals surface area contributed by atoms with Crippen LogP contribution in [0.5, 0.6) is 0 Å². The summed E-state index contributed by atoms with van der Waals surface area (Å²) < 4.78 is 0. The number of rotatable bonds is 1. The van der Waals surface area contributed by atoms with E-state index in [-0.39, 0.29) is 49.4 Å². The molecule has 0 amide bonds. The molecular formula is C5H12Eu. The summed E-state index contributed by atoms with van der Waals surface area (Å²) in [4.78, 5) is 0. The molecular weight excluding hydrogens is 212 g/mol. The van der Waals surface area contributed by atoms with E-state index in [4.69, 9.17) is 0 Å². The molecule has 0 fully saturated rings. The third kappa shape index (κ3) is 9.14.